The molecule has 0 bridgehead atoms. The zero-order valence-corrected chi connectivity index (χ0v) is 11.1. The Morgan fingerprint density at radius 2 is 1.75 bits per heavy atom. The van der Waals surface area contributed by atoms with Gasteiger partial charge in [-0.25, -0.2) is 0 Å². The molecule has 0 aromatic heterocycles. The molecule has 1 aliphatic heterocycles. The van der Waals surface area contributed by atoms with Crippen molar-refractivity contribution in [2.75, 3.05) is 13.1 Å². The third-order valence-corrected chi connectivity index (χ3v) is 5.16. The fraction of sp³-hybridized carbons (Fsp3) is 0.923. The quantitative estimate of drug-likeness (QED) is 0.744. The fourth-order valence-corrected chi connectivity index (χ4v) is 2.97. The SMILES string of the molecule is CC1CNCC1C(=O)NC1C(C)(C)C1(C)C. The molecule has 16 heavy (non-hydrogen) atoms. The van der Waals surface area contributed by atoms with Gasteiger partial charge in [-0.3, -0.25) is 4.79 Å². The summed E-state index contributed by atoms with van der Waals surface area (Å²) in [5.41, 5.74) is 0.468. The van der Waals surface area contributed by atoms with Crippen molar-refractivity contribution in [3.63, 3.8) is 0 Å². The Hall–Kier alpha value is -0.570. The first kappa shape index (κ1) is 11.9. The summed E-state index contributed by atoms with van der Waals surface area (Å²) >= 11 is 0. The molecule has 3 nitrogen and oxygen atoms in total. The van der Waals surface area contributed by atoms with Crippen molar-refractivity contribution in [2.24, 2.45) is 22.7 Å². The van der Waals surface area contributed by atoms with E-state index in [0.29, 0.717) is 12.0 Å². The van der Waals surface area contributed by atoms with Crippen LogP contribution in [0.5, 0.6) is 0 Å². The van der Waals surface area contributed by atoms with Crippen molar-refractivity contribution in [3.05, 3.63) is 0 Å². The van der Waals surface area contributed by atoms with Crippen LogP contribution in [0.25, 0.3) is 0 Å². The van der Waals surface area contributed by atoms with Crippen LogP contribution in [0.2, 0.25) is 0 Å². The van der Waals surface area contributed by atoms with Crippen molar-refractivity contribution in [2.45, 2.75) is 40.7 Å². The van der Waals surface area contributed by atoms with Gasteiger partial charge in [-0.05, 0) is 23.3 Å². The maximum absolute atomic E-state index is 12.1. The minimum atomic E-state index is 0.159. The van der Waals surface area contributed by atoms with Gasteiger partial charge >= 0.3 is 0 Å². The van der Waals surface area contributed by atoms with Gasteiger partial charge in [0.15, 0.2) is 0 Å². The highest BCUT2D eigenvalue weighted by Gasteiger charge is 2.65. The molecule has 2 atom stereocenters. The van der Waals surface area contributed by atoms with Gasteiger partial charge in [-0.1, -0.05) is 34.6 Å². The summed E-state index contributed by atoms with van der Waals surface area (Å²) in [6, 6.07) is 0.334. The second kappa shape index (κ2) is 3.46. The Balaban J connectivity index is 1.95. The van der Waals surface area contributed by atoms with Crippen molar-refractivity contribution in [1.29, 1.82) is 0 Å². The smallest absolute Gasteiger partial charge is 0.224 e. The number of nitrogens with one attached hydrogen (secondary N) is 2. The Labute approximate surface area is 98.4 Å². The van der Waals surface area contributed by atoms with E-state index in [4.69, 9.17) is 0 Å². The molecule has 0 aromatic rings. The van der Waals surface area contributed by atoms with Crippen molar-refractivity contribution >= 4 is 5.91 Å². The third kappa shape index (κ3) is 1.56. The summed E-state index contributed by atoms with van der Waals surface area (Å²) in [6.45, 7) is 12.9. The molecule has 3 heteroatoms. The van der Waals surface area contributed by atoms with Crippen LogP contribution >= 0.6 is 0 Å². The molecule has 2 N–H and O–H groups in total. The summed E-state index contributed by atoms with van der Waals surface area (Å²) in [5, 5.41) is 6.51. The average molecular weight is 224 g/mol. The first-order valence-electron chi connectivity index (χ1n) is 6.29. The van der Waals surface area contributed by atoms with Gasteiger partial charge in [0.1, 0.15) is 0 Å². The number of carbonyl (C=O) groups is 1. The maximum Gasteiger partial charge on any atom is 0.224 e. The Kier molecular flexibility index (Phi) is 2.57. The molecule has 1 saturated carbocycles. The van der Waals surface area contributed by atoms with E-state index >= 15 is 0 Å². The highest BCUT2D eigenvalue weighted by molar-refractivity contribution is 5.80. The molecule has 1 amide bonds. The summed E-state index contributed by atoms with van der Waals surface area (Å²) in [6.07, 6.45) is 0. The number of carbonyl (C=O) groups excluding carboxylic acids is 1. The van der Waals surface area contributed by atoms with Crippen LogP contribution in [0.1, 0.15) is 34.6 Å². The lowest BCUT2D eigenvalue weighted by Crippen LogP contribution is -2.38. The second-order valence-electron chi connectivity index (χ2n) is 6.63. The standard InChI is InChI=1S/C13H24N2O/c1-8-6-14-7-9(8)10(16)15-11-12(2,3)13(11,4)5/h8-9,11,14H,6-7H2,1-5H3,(H,15,16). The number of amides is 1. The van der Waals surface area contributed by atoms with Crippen LogP contribution in [-0.4, -0.2) is 25.0 Å². The van der Waals surface area contributed by atoms with E-state index < -0.39 is 0 Å². The predicted octanol–water partition coefficient (Wildman–Crippen LogP) is 1.39. The highest BCUT2D eigenvalue weighted by Crippen LogP contribution is 2.62. The molecule has 0 radical (unpaired) electrons. The predicted molar refractivity (Wildman–Crippen MR) is 65.0 cm³/mol. The van der Waals surface area contributed by atoms with Crippen LogP contribution in [-0.2, 0) is 4.79 Å². The van der Waals surface area contributed by atoms with Gasteiger partial charge in [-0.2, -0.15) is 0 Å². The molecule has 1 saturated heterocycles. The van der Waals surface area contributed by atoms with E-state index in [1.165, 1.54) is 0 Å². The highest BCUT2D eigenvalue weighted by atomic mass is 16.2. The largest absolute Gasteiger partial charge is 0.352 e. The lowest BCUT2D eigenvalue weighted by atomic mass is 9.97. The minimum Gasteiger partial charge on any atom is -0.352 e. The van der Waals surface area contributed by atoms with Crippen molar-refractivity contribution in [3.8, 4) is 0 Å². The zero-order chi connectivity index (χ0) is 12.1. The third-order valence-electron chi connectivity index (χ3n) is 5.16. The molecular formula is C13H24N2O. The molecule has 2 rings (SSSR count). The Bertz CT molecular complexity index is 295. The number of hydrogen-bond donors (Lipinski definition) is 2. The summed E-state index contributed by atoms with van der Waals surface area (Å²) in [5.74, 6) is 0.860. The van der Waals surface area contributed by atoms with Crippen LogP contribution in [0.4, 0.5) is 0 Å². The zero-order valence-electron chi connectivity index (χ0n) is 11.1. The van der Waals surface area contributed by atoms with Crippen LogP contribution in [0.15, 0.2) is 0 Å². The topological polar surface area (TPSA) is 41.1 Å². The van der Waals surface area contributed by atoms with Crippen molar-refractivity contribution in [1.82, 2.24) is 10.6 Å². The van der Waals surface area contributed by atoms with E-state index in [9.17, 15) is 4.79 Å². The molecule has 0 spiro atoms. The van der Waals surface area contributed by atoms with Gasteiger partial charge in [0, 0.05) is 12.6 Å². The lowest BCUT2D eigenvalue weighted by molar-refractivity contribution is -0.125. The molecule has 92 valence electrons. The molecule has 2 unspecified atom stereocenters. The monoisotopic (exact) mass is 224 g/mol. The average Bonchev–Trinajstić information content (AvgIpc) is 2.57. The molecular weight excluding hydrogens is 200 g/mol. The van der Waals surface area contributed by atoms with E-state index in [1.807, 2.05) is 0 Å². The Morgan fingerprint density at radius 1 is 1.19 bits per heavy atom. The number of rotatable bonds is 2. The second-order valence-corrected chi connectivity index (χ2v) is 6.63. The van der Waals surface area contributed by atoms with Crippen molar-refractivity contribution < 1.29 is 4.79 Å². The number of hydrogen-bond acceptors (Lipinski definition) is 2. The molecule has 1 heterocycles. The van der Waals surface area contributed by atoms with Crippen LogP contribution in [0.3, 0.4) is 0 Å². The molecule has 0 aromatic carbocycles. The maximum atomic E-state index is 12.1. The first-order chi connectivity index (χ1) is 7.28. The van der Waals surface area contributed by atoms with Gasteiger partial charge in [0.2, 0.25) is 5.91 Å². The van der Waals surface area contributed by atoms with E-state index in [2.05, 4.69) is 45.3 Å². The van der Waals surface area contributed by atoms with Gasteiger partial charge in [-0.15, -0.1) is 0 Å². The van der Waals surface area contributed by atoms with Gasteiger partial charge < -0.3 is 10.6 Å². The normalized spacial score (nSPS) is 36.1. The molecule has 2 aliphatic rings. The van der Waals surface area contributed by atoms with Crippen LogP contribution in [0, 0.1) is 22.7 Å². The summed E-state index contributed by atoms with van der Waals surface area (Å²) in [7, 11) is 0. The lowest BCUT2D eigenvalue weighted by Gasteiger charge is -2.15. The first-order valence-corrected chi connectivity index (χ1v) is 6.29. The summed E-state index contributed by atoms with van der Waals surface area (Å²) in [4.78, 5) is 12.1. The van der Waals surface area contributed by atoms with E-state index in [0.717, 1.165) is 13.1 Å². The summed E-state index contributed by atoms with van der Waals surface area (Å²) < 4.78 is 0. The van der Waals surface area contributed by atoms with Crippen LogP contribution < -0.4 is 10.6 Å². The van der Waals surface area contributed by atoms with Gasteiger partial charge in [0.05, 0.1) is 5.92 Å². The van der Waals surface area contributed by atoms with Gasteiger partial charge in [0.25, 0.3) is 0 Å². The Morgan fingerprint density at radius 3 is 2.12 bits per heavy atom. The fourth-order valence-electron chi connectivity index (χ4n) is 2.97. The van der Waals surface area contributed by atoms with E-state index in [1.54, 1.807) is 0 Å². The molecule has 1 aliphatic carbocycles. The molecule has 2 fully saturated rings. The van der Waals surface area contributed by atoms with E-state index in [-0.39, 0.29) is 22.7 Å². The minimum absolute atomic E-state index is 0.159.